The first-order valence-corrected chi connectivity index (χ1v) is 6.70. The number of nitrogen functional groups attached to an aromatic ring is 1. The number of nitrogens with two attached hydrogens (primary N) is 1. The Kier molecular flexibility index (Phi) is 4.01. The zero-order valence-corrected chi connectivity index (χ0v) is 11.5. The molecule has 2 heterocycles. The van der Waals surface area contributed by atoms with Gasteiger partial charge in [0.05, 0.1) is 0 Å². The molecule has 0 aliphatic carbocycles. The Hall–Kier alpha value is -1.36. The van der Waals surface area contributed by atoms with Crippen LogP contribution in [0.15, 0.2) is 6.07 Å². The van der Waals surface area contributed by atoms with E-state index in [0.29, 0.717) is 11.7 Å². The van der Waals surface area contributed by atoms with E-state index in [9.17, 15) is 0 Å². The third kappa shape index (κ3) is 2.90. The van der Waals surface area contributed by atoms with Crippen molar-refractivity contribution in [2.45, 2.75) is 39.5 Å². The molecule has 1 aromatic rings. The van der Waals surface area contributed by atoms with Gasteiger partial charge < -0.3 is 10.3 Å². The molecule has 18 heavy (non-hydrogen) atoms. The van der Waals surface area contributed by atoms with Crippen molar-refractivity contribution in [1.29, 1.82) is 0 Å². The molecule has 1 unspecified atom stereocenters. The summed E-state index contributed by atoms with van der Waals surface area (Å²) in [4.78, 5) is 11.4. The molecule has 0 aromatic carbocycles. The van der Waals surface area contributed by atoms with Crippen molar-refractivity contribution in [2.75, 3.05) is 23.4 Å². The van der Waals surface area contributed by atoms with Crippen molar-refractivity contribution < 1.29 is 0 Å². The molecule has 0 bridgehead atoms. The Bertz CT molecular complexity index is 404. The van der Waals surface area contributed by atoms with E-state index >= 15 is 0 Å². The fraction of sp³-hybridized carbons (Fsp3) is 0.692. The van der Waals surface area contributed by atoms with Gasteiger partial charge in [-0.05, 0) is 18.8 Å². The summed E-state index contributed by atoms with van der Waals surface area (Å²) in [5.74, 6) is 9.05. The van der Waals surface area contributed by atoms with Gasteiger partial charge in [-0.25, -0.2) is 15.8 Å². The van der Waals surface area contributed by atoms with Gasteiger partial charge in [0, 0.05) is 25.1 Å². The van der Waals surface area contributed by atoms with Crippen molar-refractivity contribution in [3.8, 4) is 0 Å². The number of hydrazine groups is 1. The highest BCUT2D eigenvalue weighted by atomic mass is 15.3. The molecule has 2 rings (SSSR count). The van der Waals surface area contributed by atoms with Crippen LogP contribution in [0.3, 0.4) is 0 Å². The summed E-state index contributed by atoms with van der Waals surface area (Å²) >= 11 is 0. The van der Waals surface area contributed by atoms with Gasteiger partial charge in [-0.3, -0.25) is 0 Å². The highest BCUT2D eigenvalue weighted by Crippen LogP contribution is 2.24. The van der Waals surface area contributed by atoms with E-state index < -0.39 is 0 Å². The van der Waals surface area contributed by atoms with Gasteiger partial charge in [0.1, 0.15) is 17.5 Å². The van der Waals surface area contributed by atoms with Crippen molar-refractivity contribution in [2.24, 2.45) is 11.8 Å². The van der Waals surface area contributed by atoms with Crippen molar-refractivity contribution in [3.05, 3.63) is 11.9 Å². The molecule has 0 amide bonds. The van der Waals surface area contributed by atoms with Crippen LogP contribution < -0.4 is 16.2 Å². The van der Waals surface area contributed by atoms with E-state index in [4.69, 9.17) is 5.84 Å². The third-order valence-electron chi connectivity index (χ3n) is 3.38. The number of anilines is 2. The second-order valence-electron chi connectivity index (χ2n) is 5.46. The minimum atomic E-state index is 0.305. The molecule has 1 saturated heterocycles. The van der Waals surface area contributed by atoms with Gasteiger partial charge in [-0.1, -0.05) is 20.8 Å². The second kappa shape index (κ2) is 5.52. The van der Waals surface area contributed by atoms with Gasteiger partial charge >= 0.3 is 0 Å². The maximum absolute atomic E-state index is 5.49. The molecular weight excluding hydrogens is 226 g/mol. The van der Waals surface area contributed by atoms with Crippen LogP contribution in [0.1, 0.15) is 45.4 Å². The topological polar surface area (TPSA) is 67.1 Å². The lowest BCUT2D eigenvalue weighted by Crippen LogP contribution is -2.35. The summed E-state index contributed by atoms with van der Waals surface area (Å²) in [7, 11) is 0. The average Bonchev–Trinajstić information content (AvgIpc) is 2.38. The maximum atomic E-state index is 5.49. The first-order chi connectivity index (χ1) is 8.60. The van der Waals surface area contributed by atoms with Crippen LogP contribution in [0.2, 0.25) is 0 Å². The van der Waals surface area contributed by atoms with E-state index in [2.05, 4.69) is 41.1 Å². The minimum Gasteiger partial charge on any atom is -0.356 e. The molecule has 100 valence electrons. The lowest BCUT2D eigenvalue weighted by Gasteiger charge is -2.32. The van der Waals surface area contributed by atoms with Gasteiger partial charge in [0.25, 0.3) is 0 Å². The number of rotatable bonds is 3. The standard InChI is InChI=1S/C13H23N5/c1-9(2)13-15-11(17-14)7-12(16-13)18-6-4-5-10(3)8-18/h7,9-10H,4-6,8,14H2,1-3H3,(H,15,16,17). The maximum Gasteiger partial charge on any atom is 0.145 e. The van der Waals surface area contributed by atoms with E-state index in [1.54, 1.807) is 0 Å². The Morgan fingerprint density at radius 2 is 2.22 bits per heavy atom. The molecule has 3 N–H and O–H groups in total. The zero-order chi connectivity index (χ0) is 13.1. The number of aromatic nitrogens is 2. The van der Waals surface area contributed by atoms with E-state index in [1.165, 1.54) is 12.8 Å². The van der Waals surface area contributed by atoms with E-state index in [-0.39, 0.29) is 0 Å². The Balaban J connectivity index is 2.28. The summed E-state index contributed by atoms with van der Waals surface area (Å²) < 4.78 is 0. The molecule has 1 aliphatic heterocycles. The van der Waals surface area contributed by atoms with Crippen molar-refractivity contribution in [1.82, 2.24) is 9.97 Å². The first-order valence-electron chi connectivity index (χ1n) is 6.70. The highest BCUT2D eigenvalue weighted by molar-refractivity contribution is 5.49. The number of nitrogens with zero attached hydrogens (tertiary/aromatic N) is 3. The van der Waals surface area contributed by atoms with Crippen LogP contribution >= 0.6 is 0 Å². The Morgan fingerprint density at radius 1 is 1.44 bits per heavy atom. The second-order valence-corrected chi connectivity index (χ2v) is 5.46. The fourth-order valence-electron chi connectivity index (χ4n) is 2.34. The molecule has 5 heteroatoms. The molecule has 0 spiro atoms. The molecule has 1 fully saturated rings. The molecule has 0 saturated carbocycles. The average molecular weight is 249 g/mol. The number of hydrogen-bond donors (Lipinski definition) is 2. The van der Waals surface area contributed by atoms with Gasteiger partial charge in [0.15, 0.2) is 0 Å². The highest BCUT2D eigenvalue weighted by Gasteiger charge is 2.19. The predicted molar refractivity (Wildman–Crippen MR) is 74.5 cm³/mol. The quantitative estimate of drug-likeness (QED) is 0.634. The van der Waals surface area contributed by atoms with Crippen LogP contribution in [0.4, 0.5) is 11.6 Å². The minimum absolute atomic E-state index is 0.305. The van der Waals surface area contributed by atoms with Gasteiger partial charge in [0.2, 0.25) is 0 Å². The van der Waals surface area contributed by atoms with Gasteiger partial charge in [-0.2, -0.15) is 0 Å². The molecule has 1 atom stereocenters. The molecular formula is C13H23N5. The van der Waals surface area contributed by atoms with Crippen LogP contribution in [-0.2, 0) is 0 Å². The smallest absolute Gasteiger partial charge is 0.145 e. The predicted octanol–water partition coefficient (Wildman–Crippen LogP) is 2.12. The van der Waals surface area contributed by atoms with Crippen molar-refractivity contribution in [3.63, 3.8) is 0 Å². The summed E-state index contributed by atoms with van der Waals surface area (Å²) in [6.45, 7) is 8.62. The normalized spacial score (nSPS) is 20.3. The van der Waals surface area contributed by atoms with Crippen LogP contribution in [0.25, 0.3) is 0 Å². The lowest BCUT2D eigenvalue weighted by atomic mass is 10.0. The molecule has 0 radical (unpaired) electrons. The molecule has 1 aromatic heterocycles. The summed E-state index contributed by atoms with van der Waals surface area (Å²) in [5, 5.41) is 0. The van der Waals surface area contributed by atoms with Crippen molar-refractivity contribution >= 4 is 11.6 Å². The van der Waals surface area contributed by atoms with Crippen LogP contribution in [0.5, 0.6) is 0 Å². The Labute approximate surface area is 109 Å². The first kappa shape index (κ1) is 13.1. The number of hydrogen-bond acceptors (Lipinski definition) is 5. The van der Waals surface area contributed by atoms with Crippen LogP contribution in [0, 0.1) is 5.92 Å². The summed E-state index contributed by atoms with van der Waals surface area (Å²) in [6.07, 6.45) is 2.54. The Morgan fingerprint density at radius 3 is 2.83 bits per heavy atom. The lowest BCUT2D eigenvalue weighted by molar-refractivity contribution is 0.444. The summed E-state index contributed by atoms with van der Waals surface area (Å²) in [6, 6.07) is 1.93. The number of nitrogens with one attached hydrogen (secondary N) is 1. The molecule has 5 nitrogen and oxygen atoms in total. The van der Waals surface area contributed by atoms with E-state index in [0.717, 1.165) is 30.6 Å². The van der Waals surface area contributed by atoms with Gasteiger partial charge in [-0.15, -0.1) is 0 Å². The monoisotopic (exact) mass is 249 g/mol. The third-order valence-corrected chi connectivity index (χ3v) is 3.38. The van der Waals surface area contributed by atoms with Crippen LogP contribution in [-0.4, -0.2) is 23.1 Å². The molecule has 1 aliphatic rings. The fourth-order valence-corrected chi connectivity index (χ4v) is 2.34. The largest absolute Gasteiger partial charge is 0.356 e. The van der Waals surface area contributed by atoms with E-state index in [1.807, 2.05) is 6.07 Å². The number of piperidine rings is 1. The SMILES string of the molecule is CC1CCCN(c2cc(NN)nc(C(C)C)n2)C1. The zero-order valence-electron chi connectivity index (χ0n) is 11.5. The summed E-state index contributed by atoms with van der Waals surface area (Å²) in [5.41, 5.74) is 2.64.